The van der Waals surface area contributed by atoms with Crippen molar-refractivity contribution in [3.05, 3.63) is 78.2 Å². The van der Waals surface area contributed by atoms with Gasteiger partial charge in [0, 0.05) is 49.1 Å². The SMILES string of the molecule is COc1ccc(-c2cc3nccc(C4CCCN(Cc5ccccc5)C4)n3n2)cn1. The third-order valence-corrected chi connectivity index (χ3v) is 5.80. The average molecular weight is 399 g/mol. The molecule has 5 rings (SSSR count). The summed E-state index contributed by atoms with van der Waals surface area (Å²) in [5, 5.41) is 4.88. The van der Waals surface area contributed by atoms with Gasteiger partial charge in [-0.15, -0.1) is 0 Å². The third-order valence-electron chi connectivity index (χ3n) is 5.80. The Morgan fingerprint density at radius 1 is 1.07 bits per heavy atom. The quantitative estimate of drug-likeness (QED) is 0.504. The van der Waals surface area contributed by atoms with E-state index >= 15 is 0 Å². The predicted molar refractivity (Wildman–Crippen MR) is 116 cm³/mol. The molecule has 1 fully saturated rings. The molecule has 1 unspecified atom stereocenters. The molecule has 0 saturated carbocycles. The fourth-order valence-corrected chi connectivity index (χ4v) is 4.30. The zero-order valence-electron chi connectivity index (χ0n) is 17.1. The van der Waals surface area contributed by atoms with Gasteiger partial charge in [-0.25, -0.2) is 14.5 Å². The molecule has 6 nitrogen and oxygen atoms in total. The Morgan fingerprint density at radius 2 is 1.97 bits per heavy atom. The summed E-state index contributed by atoms with van der Waals surface area (Å²) in [4.78, 5) is 11.4. The van der Waals surface area contributed by atoms with Crippen molar-refractivity contribution in [2.45, 2.75) is 25.3 Å². The van der Waals surface area contributed by atoms with E-state index in [0.717, 1.165) is 36.5 Å². The number of piperidine rings is 1. The lowest BCUT2D eigenvalue weighted by molar-refractivity contribution is 0.197. The minimum Gasteiger partial charge on any atom is -0.481 e. The van der Waals surface area contributed by atoms with E-state index in [0.29, 0.717) is 11.8 Å². The normalized spacial score (nSPS) is 17.3. The van der Waals surface area contributed by atoms with Gasteiger partial charge in [0.25, 0.3) is 0 Å². The van der Waals surface area contributed by atoms with Gasteiger partial charge in [-0.2, -0.15) is 5.10 Å². The number of nitrogens with zero attached hydrogens (tertiary/aromatic N) is 5. The number of rotatable bonds is 5. The van der Waals surface area contributed by atoms with E-state index in [1.54, 1.807) is 13.3 Å². The Labute approximate surface area is 176 Å². The lowest BCUT2D eigenvalue weighted by atomic mass is 9.94. The summed E-state index contributed by atoms with van der Waals surface area (Å²) in [7, 11) is 1.62. The van der Waals surface area contributed by atoms with Crippen molar-refractivity contribution < 1.29 is 4.74 Å². The highest BCUT2D eigenvalue weighted by Crippen LogP contribution is 2.29. The van der Waals surface area contributed by atoms with Crippen LogP contribution in [0.2, 0.25) is 0 Å². The number of pyridine rings is 1. The highest BCUT2D eigenvalue weighted by molar-refractivity contribution is 5.63. The van der Waals surface area contributed by atoms with Crippen molar-refractivity contribution in [1.29, 1.82) is 0 Å². The molecule has 0 radical (unpaired) electrons. The molecule has 1 aromatic carbocycles. The number of fused-ring (bicyclic) bond motifs is 1. The van der Waals surface area contributed by atoms with E-state index in [-0.39, 0.29) is 0 Å². The lowest BCUT2D eigenvalue weighted by Gasteiger charge is -2.33. The minimum absolute atomic E-state index is 0.440. The van der Waals surface area contributed by atoms with Crippen molar-refractivity contribution in [2.24, 2.45) is 0 Å². The number of ether oxygens (including phenoxy) is 1. The van der Waals surface area contributed by atoms with E-state index in [1.165, 1.54) is 24.1 Å². The van der Waals surface area contributed by atoms with Gasteiger partial charge in [0.2, 0.25) is 5.88 Å². The number of likely N-dealkylation sites (tertiary alicyclic amines) is 1. The van der Waals surface area contributed by atoms with Crippen LogP contribution in [0.1, 0.15) is 30.0 Å². The van der Waals surface area contributed by atoms with Gasteiger partial charge in [-0.3, -0.25) is 4.90 Å². The minimum atomic E-state index is 0.440. The molecule has 1 saturated heterocycles. The number of benzene rings is 1. The molecule has 4 aromatic rings. The molecule has 0 N–H and O–H groups in total. The monoisotopic (exact) mass is 399 g/mol. The maximum absolute atomic E-state index is 5.16. The molecule has 152 valence electrons. The van der Waals surface area contributed by atoms with E-state index in [2.05, 4.69) is 51.3 Å². The summed E-state index contributed by atoms with van der Waals surface area (Å²) in [6.45, 7) is 3.17. The van der Waals surface area contributed by atoms with Crippen LogP contribution in [0.25, 0.3) is 16.9 Å². The summed E-state index contributed by atoms with van der Waals surface area (Å²) in [6, 6.07) is 18.7. The molecule has 0 spiro atoms. The number of hydrogen-bond acceptors (Lipinski definition) is 5. The lowest BCUT2D eigenvalue weighted by Crippen LogP contribution is -2.34. The van der Waals surface area contributed by atoms with Crippen molar-refractivity contribution in [2.75, 3.05) is 20.2 Å². The van der Waals surface area contributed by atoms with Gasteiger partial charge >= 0.3 is 0 Å². The first kappa shape index (κ1) is 18.8. The van der Waals surface area contributed by atoms with E-state index in [4.69, 9.17) is 9.84 Å². The second kappa shape index (κ2) is 8.24. The first-order valence-electron chi connectivity index (χ1n) is 10.4. The van der Waals surface area contributed by atoms with Crippen LogP contribution in [0.5, 0.6) is 5.88 Å². The third kappa shape index (κ3) is 3.78. The summed E-state index contributed by atoms with van der Waals surface area (Å²) < 4.78 is 7.17. The molecule has 30 heavy (non-hydrogen) atoms. The van der Waals surface area contributed by atoms with Crippen LogP contribution in [-0.2, 0) is 6.54 Å². The molecule has 0 aliphatic carbocycles. The van der Waals surface area contributed by atoms with Crippen molar-refractivity contribution in [3.8, 4) is 17.1 Å². The van der Waals surface area contributed by atoms with Gasteiger partial charge in [0.1, 0.15) is 0 Å². The zero-order chi connectivity index (χ0) is 20.3. The zero-order valence-corrected chi connectivity index (χ0v) is 17.1. The van der Waals surface area contributed by atoms with Crippen molar-refractivity contribution >= 4 is 5.65 Å². The van der Waals surface area contributed by atoms with Gasteiger partial charge in [0.15, 0.2) is 5.65 Å². The largest absolute Gasteiger partial charge is 0.481 e. The van der Waals surface area contributed by atoms with Crippen LogP contribution in [0.4, 0.5) is 0 Å². The Morgan fingerprint density at radius 3 is 2.77 bits per heavy atom. The Hall–Kier alpha value is -3.25. The van der Waals surface area contributed by atoms with Gasteiger partial charge < -0.3 is 4.74 Å². The van der Waals surface area contributed by atoms with Crippen LogP contribution < -0.4 is 4.74 Å². The van der Waals surface area contributed by atoms with Gasteiger partial charge in [-0.05, 0) is 37.1 Å². The smallest absolute Gasteiger partial charge is 0.212 e. The van der Waals surface area contributed by atoms with E-state index in [9.17, 15) is 0 Å². The molecule has 4 heterocycles. The fourth-order valence-electron chi connectivity index (χ4n) is 4.30. The van der Waals surface area contributed by atoms with Crippen LogP contribution in [-0.4, -0.2) is 44.7 Å². The standard InChI is InChI=1S/C24H25N5O/c1-30-24-10-9-19(15-26-24)21-14-23-25-12-11-22(29(23)27-21)20-8-5-13-28(17-20)16-18-6-3-2-4-7-18/h2-4,6-7,9-12,14-15,20H,5,8,13,16-17H2,1H3. The molecular weight excluding hydrogens is 374 g/mol. The summed E-state index contributed by atoms with van der Waals surface area (Å²) >= 11 is 0. The van der Waals surface area contributed by atoms with Crippen LogP contribution in [0, 0.1) is 0 Å². The summed E-state index contributed by atoms with van der Waals surface area (Å²) in [5.41, 5.74) is 5.30. The first-order valence-corrected chi connectivity index (χ1v) is 10.4. The van der Waals surface area contributed by atoms with Gasteiger partial charge in [0.05, 0.1) is 18.5 Å². The van der Waals surface area contributed by atoms with Gasteiger partial charge in [-0.1, -0.05) is 30.3 Å². The number of aromatic nitrogens is 4. The Kier molecular flexibility index (Phi) is 5.15. The van der Waals surface area contributed by atoms with E-state index < -0.39 is 0 Å². The second-order valence-corrected chi connectivity index (χ2v) is 7.82. The Balaban J connectivity index is 1.41. The average Bonchev–Trinajstić information content (AvgIpc) is 3.24. The molecule has 6 heteroatoms. The molecular formula is C24H25N5O. The van der Waals surface area contributed by atoms with Crippen LogP contribution in [0.15, 0.2) is 67.0 Å². The molecule has 1 aliphatic rings. The van der Waals surface area contributed by atoms with E-state index in [1.807, 2.05) is 28.9 Å². The van der Waals surface area contributed by atoms with Crippen molar-refractivity contribution in [1.82, 2.24) is 24.5 Å². The molecule has 1 atom stereocenters. The Bertz CT molecular complexity index is 1120. The summed E-state index contributed by atoms with van der Waals surface area (Å²) in [6.07, 6.45) is 6.06. The van der Waals surface area contributed by atoms with Crippen LogP contribution >= 0.6 is 0 Å². The number of methoxy groups -OCH3 is 1. The highest BCUT2D eigenvalue weighted by atomic mass is 16.5. The molecule has 0 bridgehead atoms. The second-order valence-electron chi connectivity index (χ2n) is 7.82. The van der Waals surface area contributed by atoms with Crippen LogP contribution in [0.3, 0.4) is 0 Å². The van der Waals surface area contributed by atoms with Crippen molar-refractivity contribution in [3.63, 3.8) is 0 Å². The molecule has 3 aromatic heterocycles. The highest BCUT2D eigenvalue weighted by Gasteiger charge is 2.24. The molecule has 1 aliphatic heterocycles. The maximum atomic E-state index is 5.16. The topological polar surface area (TPSA) is 55.5 Å². The fraction of sp³-hybridized carbons (Fsp3) is 0.292. The maximum Gasteiger partial charge on any atom is 0.212 e. The first-order chi connectivity index (χ1) is 14.8. The predicted octanol–water partition coefficient (Wildman–Crippen LogP) is 4.18. The number of hydrogen-bond donors (Lipinski definition) is 0. The molecule has 0 amide bonds. The summed E-state index contributed by atoms with van der Waals surface area (Å²) in [5.74, 6) is 1.04.